The number of carbonyl (C=O) groups excluding carboxylic acids is 2. The number of esters is 1. The van der Waals surface area contributed by atoms with E-state index in [0.717, 1.165) is 18.4 Å². The molecule has 1 aromatic heterocycles. The zero-order valence-corrected chi connectivity index (χ0v) is 15.6. The summed E-state index contributed by atoms with van der Waals surface area (Å²) in [6, 6.07) is 11.6. The minimum Gasteiger partial charge on any atom is -0.467 e. The van der Waals surface area contributed by atoms with Crippen LogP contribution in [-0.4, -0.2) is 29.6 Å². The lowest BCUT2D eigenvalue weighted by molar-refractivity contribution is -0.142. The minimum absolute atomic E-state index is 0.00127. The lowest BCUT2D eigenvalue weighted by Crippen LogP contribution is -2.39. The maximum Gasteiger partial charge on any atom is 0.328 e. The maximum atomic E-state index is 12.2. The third-order valence-electron chi connectivity index (χ3n) is 4.03. The Morgan fingerprint density at radius 1 is 1.22 bits per heavy atom. The number of nitrogens with one attached hydrogen (secondary N) is 1. The highest BCUT2D eigenvalue weighted by Crippen LogP contribution is 2.09. The number of unbranched alkanes of at least 4 members (excludes halogenated alkanes) is 1. The molecule has 2 aromatic rings. The maximum absolute atomic E-state index is 12.2. The van der Waals surface area contributed by atoms with Gasteiger partial charge in [-0.3, -0.25) is 9.59 Å². The molecule has 1 N–H and O–H groups in total. The number of nitrogens with zero attached hydrogens (tertiary/aromatic N) is 1. The van der Waals surface area contributed by atoms with Gasteiger partial charge in [0, 0.05) is 24.4 Å². The van der Waals surface area contributed by atoms with Crippen LogP contribution in [0.3, 0.4) is 0 Å². The van der Waals surface area contributed by atoms with Crippen LogP contribution in [0.1, 0.15) is 35.7 Å². The molecule has 0 saturated carbocycles. The highest BCUT2D eigenvalue weighted by molar-refractivity contribution is 5.97. The quantitative estimate of drug-likeness (QED) is 0.574. The predicted molar refractivity (Wildman–Crippen MR) is 104 cm³/mol. The molecule has 0 aliphatic carbocycles. The lowest BCUT2D eigenvalue weighted by Gasteiger charge is -2.11. The van der Waals surface area contributed by atoms with Gasteiger partial charge in [0.05, 0.1) is 7.11 Å². The van der Waals surface area contributed by atoms with Crippen LogP contribution in [0.25, 0.3) is 6.08 Å². The normalized spacial score (nSPS) is 11.9. The van der Waals surface area contributed by atoms with E-state index in [4.69, 9.17) is 0 Å². The standard InChI is InChI=1S/C21H24N2O4/c1-16(21(26)27-2)22-20(25)18-11-8-10-17(15-18)9-4-3-6-13-23-14-7-5-12-19(23)24/h4-5,7-12,14-16H,3,6,13H2,1-2H3,(H,22,25)/b9-4-/t16-/m1/s1. The van der Waals surface area contributed by atoms with Crippen molar-refractivity contribution in [3.8, 4) is 0 Å². The molecule has 0 unspecified atom stereocenters. The van der Waals surface area contributed by atoms with Gasteiger partial charge < -0.3 is 14.6 Å². The monoisotopic (exact) mass is 368 g/mol. The van der Waals surface area contributed by atoms with Crippen LogP contribution in [0.5, 0.6) is 0 Å². The van der Waals surface area contributed by atoms with E-state index in [0.29, 0.717) is 12.1 Å². The third kappa shape index (κ3) is 6.26. The molecule has 6 heteroatoms. The minimum atomic E-state index is -0.705. The Hall–Kier alpha value is -3.15. The van der Waals surface area contributed by atoms with Crippen molar-refractivity contribution in [3.05, 3.63) is 76.2 Å². The summed E-state index contributed by atoms with van der Waals surface area (Å²) in [6.07, 6.45) is 7.40. The molecule has 0 radical (unpaired) electrons. The van der Waals surface area contributed by atoms with Gasteiger partial charge in [-0.2, -0.15) is 0 Å². The topological polar surface area (TPSA) is 77.4 Å². The van der Waals surface area contributed by atoms with E-state index in [2.05, 4.69) is 10.1 Å². The Bertz CT molecular complexity index is 870. The Balaban J connectivity index is 1.88. The van der Waals surface area contributed by atoms with Gasteiger partial charge in [-0.1, -0.05) is 30.4 Å². The van der Waals surface area contributed by atoms with Crippen molar-refractivity contribution in [2.24, 2.45) is 0 Å². The van der Waals surface area contributed by atoms with Crippen molar-refractivity contribution in [1.82, 2.24) is 9.88 Å². The van der Waals surface area contributed by atoms with Crippen molar-refractivity contribution >= 4 is 18.0 Å². The SMILES string of the molecule is COC(=O)[C@@H](C)NC(=O)c1cccc(/C=C\CCCn2ccccc2=O)c1. The average Bonchev–Trinajstić information content (AvgIpc) is 2.68. The van der Waals surface area contributed by atoms with E-state index in [1.807, 2.05) is 24.3 Å². The highest BCUT2D eigenvalue weighted by Gasteiger charge is 2.16. The molecule has 2 rings (SSSR count). The molecule has 0 saturated heterocycles. The number of carbonyl (C=O) groups is 2. The van der Waals surface area contributed by atoms with Crippen molar-refractivity contribution in [2.45, 2.75) is 32.4 Å². The smallest absolute Gasteiger partial charge is 0.328 e. The molecular formula is C21H24N2O4. The third-order valence-corrected chi connectivity index (χ3v) is 4.03. The number of aromatic nitrogens is 1. The fourth-order valence-corrected chi connectivity index (χ4v) is 2.54. The summed E-state index contributed by atoms with van der Waals surface area (Å²) < 4.78 is 6.28. The Kier molecular flexibility index (Phi) is 7.55. The van der Waals surface area contributed by atoms with Gasteiger partial charge in [0.2, 0.25) is 5.56 Å². The first-order chi connectivity index (χ1) is 13.0. The first-order valence-electron chi connectivity index (χ1n) is 8.82. The van der Waals surface area contributed by atoms with Gasteiger partial charge in [0.15, 0.2) is 0 Å². The van der Waals surface area contributed by atoms with Crippen LogP contribution in [0, 0.1) is 0 Å². The lowest BCUT2D eigenvalue weighted by atomic mass is 10.1. The summed E-state index contributed by atoms with van der Waals surface area (Å²) in [6.45, 7) is 2.24. The van der Waals surface area contributed by atoms with E-state index in [1.165, 1.54) is 7.11 Å². The number of methoxy groups -OCH3 is 1. The summed E-state index contributed by atoms with van der Waals surface area (Å²) >= 11 is 0. The molecule has 1 heterocycles. The van der Waals surface area contributed by atoms with Crippen LogP contribution in [0.4, 0.5) is 0 Å². The second-order valence-corrected chi connectivity index (χ2v) is 6.12. The van der Waals surface area contributed by atoms with Gasteiger partial charge in [-0.15, -0.1) is 0 Å². The summed E-state index contributed by atoms with van der Waals surface area (Å²) in [5.74, 6) is -0.816. The highest BCUT2D eigenvalue weighted by atomic mass is 16.5. The Morgan fingerprint density at radius 2 is 2.04 bits per heavy atom. The van der Waals surface area contributed by atoms with E-state index in [9.17, 15) is 14.4 Å². The molecule has 142 valence electrons. The van der Waals surface area contributed by atoms with Gasteiger partial charge in [0.25, 0.3) is 5.91 Å². The van der Waals surface area contributed by atoms with Crippen molar-refractivity contribution in [1.29, 1.82) is 0 Å². The fourth-order valence-electron chi connectivity index (χ4n) is 2.54. The molecule has 1 atom stereocenters. The van der Waals surface area contributed by atoms with Crippen molar-refractivity contribution in [2.75, 3.05) is 7.11 Å². The van der Waals surface area contributed by atoms with E-state index >= 15 is 0 Å². The Morgan fingerprint density at radius 3 is 2.78 bits per heavy atom. The van der Waals surface area contributed by atoms with Gasteiger partial charge in [0.1, 0.15) is 6.04 Å². The van der Waals surface area contributed by atoms with Gasteiger partial charge in [-0.05, 0) is 43.5 Å². The number of hydrogen-bond donors (Lipinski definition) is 1. The first-order valence-corrected chi connectivity index (χ1v) is 8.82. The van der Waals surface area contributed by atoms with E-state index in [1.54, 1.807) is 48.0 Å². The second-order valence-electron chi connectivity index (χ2n) is 6.12. The van der Waals surface area contributed by atoms with Crippen LogP contribution in [-0.2, 0) is 16.1 Å². The molecule has 0 aliphatic rings. The Labute approximate surface area is 158 Å². The fraction of sp³-hybridized carbons (Fsp3) is 0.286. The van der Waals surface area contributed by atoms with E-state index < -0.39 is 12.0 Å². The van der Waals surface area contributed by atoms with E-state index in [-0.39, 0.29) is 11.5 Å². The van der Waals surface area contributed by atoms with Crippen LogP contribution in [0.2, 0.25) is 0 Å². The number of amides is 1. The largest absolute Gasteiger partial charge is 0.467 e. The molecule has 0 bridgehead atoms. The van der Waals surface area contributed by atoms with Crippen molar-refractivity contribution < 1.29 is 14.3 Å². The van der Waals surface area contributed by atoms with Crippen molar-refractivity contribution in [3.63, 3.8) is 0 Å². The predicted octanol–water partition coefficient (Wildman–Crippen LogP) is 2.63. The first kappa shape index (κ1) is 20.2. The molecular weight excluding hydrogens is 344 g/mol. The van der Waals surface area contributed by atoms with Gasteiger partial charge >= 0.3 is 5.97 Å². The number of rotatable bonds is 8. The zero-order chi connectivity index (χ0) is 19.6. The molecule has 0 fully saturated rings. The summed E-state index contributed by atoms with van der Waals surface area (Å²) in [5.41, 5.74) is 1.37. The number of aryl methyl sites for hydroxylation is 1. The zero-order valence-electron chi connectivity index (χ0n) is 15.6. The number of ether oxygens (including phenoxy) is 1. The number of benzene rings is 1. The number of hydrogen-bond acceptors (Lipinski definition) is 4. The molecule has 6 nitrogen and oxygen atoms in total. The molecule has 0 aliphatic heterocycles. The van der Waals surface area contributed by atoms with Gasteiger partial charge in [-0.25, -0.2) is 4.79 Å². The van der Waals surface area contributed by atoms with Crippen LogP contribution < -0.4 is 10.9 Å². The van der Waals surface area contributed by atoms with Crippen LogP contribution in [0.15, 0.2) is 59.5 Å². The molecule has 0 spiro atoms. The van der Waals surface area contributed by atoms with Crippen LogP contribution >= 0.6 is 0 Å². The molecule has 27 heavy (non-hydrogen) atoms. The summed E-state index contributed by atoms with van der Waals surface area (Å²) in [4.78, 5) is 35.2. The summed E-state index contributed by atoms with van der Waals surface area (Å²) in [5, 5.41) is 2.60. The average molecular weight is 368 g/mol. The molecule has 1 aromatic carbocycles. The second kappa shape index (κ2) is 10.1. The molecule has 1 amide bonds. The number of pyridine rings is 1. The summed E-state index contributed by atoms with van der Waals surface area (Å²) in [7, 11) is 1.28. The number of allylic oxidation sites excluding steroid dienone is 1.